The molecule has 0 rings (SSSR count). The van der Waals surface area contributed by atoms with Crippen molar-refractivity contribution in [1.82, 2.24) is 4.90 Å². The quantitative estimate of drug-likeness (QED) is 0.0492. The molecule has 0 heterocycles. The summed E-state index contributed by atoms with van der Waals surface area (Å²) >= 11 is 0. The van der Waals surface area contributed by atoms with Crippen molar-refractivity contribution in [1.29, 1.82) is 0 Å². The summed E-state index contributed by atoms with van der Waals surface area (Å²) in [5.41, 5.74) is 0. The monoisotopic (exact) mass is 766 g/mol. The fourth-order valence-electron chi connectivity index (χ4n) is 7.90. The number of aliphatic hydroxyl groups is 1. The minimum atomic E-state index is -0.0174. The molecule has 6 nitrogen and oxygen atoms in total. The van der Waals surface area contributed by atoms with E-state index in [0.717, 1.165) is 70.9 Å². The van der Waals surface area contributed by atoms with Crippen molar-refractivity contribution in [3.8, 4) is 0 Å². The third kappa shape index (κ3) is 34.1. The summed E-state index contributed by atoms with van der Waals surface area (Å²) in [7, 11) is 0. The molecule has 1 N–H and O–H groups in total. The Bertz CT molecular complexity index is 741. The van der Waals surface area contributed by atoms with Crippen LogP contribution in [0.2, 0.25) is 0 Å². The highest BCUT2D eigenvalue weighted by Gasteiger charge is 2.19. The number of nitrogens with zero attached hydrogens (tertiary/aromatic N) is 1. The second-order valence-corrected chi connectivity index (χ2v) is 16.8. The number of rotatable bonds is 43. The van der Waals surface area contributed by atoms with Gasteiger partial charge in [-0.25, -0.2) is 0 Å². The van der Waals surface area contributed by atoms with Crippen LogP contribution in [0.1, 0.15) is 247 Å². The topological polar surface area (TPSA) is 76.1 Å². The molecular weight excluding hydrogens is 671 g/mol. The number of esters is 2. The number of hydrogen-bond acceptors (Lipinski definition) is 6. The van der Waals surface area contributed by atoms with Gasteiger partial charge in [0.2, 0.25) is 0 Å². The molecule has 0 fully saturated rings. The Morgan fingerprint density at radius 3 is 1.22 bits per heavy atom. The molecule has 0 aromatic rings. The fourth-order valence-corrected chi connectivity index (χ4v) is 7.90. The molecule has 54 heavy (non-hydrogen) atoms. The molecule has 2 unspecified atom stereocenters. The zero-order valence-corrected chi connectivity index (χ0v) is 37.1. The number of carbonyl (C=O) groups excluding carboxylic acids is 2. The van der Waals surface area contributed by atoms with E-state index in [-0.39, 0.29) is 18.5 Å². The summed E-state index contributed by atoms with van der Waals surface area (Å²) in [4.78, 5) is 28.0. The lowest BCUT2D eigenvalue weighted by atomic mass is 9.96. The van der Waals surface area contributed by atoms with Gasteiger partial charge in [0.05, 0.1) is 13.2 Å². The summed E-state index contributed by atoms with van der Waals surface area (Å²) < 4.78 is 11.6. The Labute approximate surface area is 337 Å². The van der Waals surface area contributed by atoms with E-state index in [1.807, 2.05) is 0 Å². The van der Waals surface area contributed by atoms with E-state index in [1.54, 1.807) is 0 Å². The minimum Gasteiger partial charge on any atom is -0.465 e. The first-order valence-electron chi connectivity index (χ1n) is 24.1. The average molecular weight is 766 g/mol. The predicted molar refractivity (Wildman–Crippen MR) is 232 cm³/mol. The Hall–Kier alpha value is -1.14. The lowest BCUT2D eigenvalue weighted by Crippen LogP contribution is -2.37. The van der Waals surface area contributed by atoms with Gasteiger partial charge in [-0.05, 0) is 82.6 Å². The van der Waals surface area contributed by atoms with E-state index in [0.29, 0.717) is 43.9 Å². The maximum absolute atomic E-state index is 12.7. The van der Waals surface area contributed by atoms with E-state index in [9.17, 15) is 14.7 Å². The van der Waals surface area contributed by atoms with Crippen molar-refractivity contribution >= 4 is 11.9 Å². The molecule has 0 radical (unpaired) electrons. The molecule has 0 spiro atoms. The average Bonchev–Trinajstić information content (AvgIpc) is 3.18. The number of hydrogen-bond donors (Lipinski definition) is 1. The molecule has 0 aliphatic rings. The van der Waals surface area contributed by atoms with Crippen LogP contribution in [0.5, 0.6) is 0 Å². The van der Waals surface area contributed by atoms with Gasteiger partial charge in [0.25, 0.3) is 0 Å². The zero-order chi connectivity index (χ0) is 39.7. The van der Waals surface area contributed by atoms with Crippen LogP contribution in [0.4, 0.5) is 0 Å². The molecule has 0 bridgehead atoms. The van der Waals surface area contributed by atoms with Crippen molar-refractivity contribution in [2.75, 3.05) is 32.9 Å². The SMILES string of the molecule is CCCCCCCCN(CCCO)C(CCCCCC(=O)OCC(CCCC)CCCCCC)CCCCCC(=O)OCC(CCCC)CCCCCC. The first-order valence-corrected chi connectivity index (χ1v) is 24.1. The second kappa shape index (κ2) is 41.5. The van der Waals surface area contributed by atoms with Gasteiger partial charge in [0.1, 0.15) is 0 Å². The number of unbranched alkanes of at least 4 members (excludes halogenated alkanes) is 17. The summed E-state index contributed by atoms with van der Waals surface area (Å²) in [6, 6.07) is 0.491. The van der Waals surface area contributed by atoms with Gasteiger partial charge in [-0.2, -0.15) is 0 Å². The van der Waals surface area contributed by atoms with E-state index in [2.05, 4.69) is 39.5 Å². The summed E-state index contributed by atoms with van der Waals surface area (Å²) in [5, 5.41) is 9.72. The van der Waals surface area contributed by atoms with E-state index in [4.69, 9.17) is 9.47 Å². The highest BCUT2D eigenvalue weighted by atomic mass is 16.5. The number of ether oxygens (including phenoxy) is 2. The van der Waals surface area contributed by atoms with Crippen LogP contribution in [-0.2, 0) is 19.1 Å². The van der Waals surface area contributed by atoms with Crippen LogP contribution >= 0.6 is 0 Å². The lowest BCUT2D eigenvalue weighted by Gasteiger charge is -2.32. The second-order valence-electron chi connectivity index (χ2n) is 16.8. The molecule has 0 aromatic carbocycles. The molecule has 0 aliphatic carbocycles. The zero-order valence-electron chi connectivity index (χ0n) is 37.1. The number of carbonyl (C=O) groups is 2. The van der Waals surface area contributed by atoms with Crippen LogP contribution in [0, 0.1) is 11.8 Å². The standard InChI is InChI=1S/C48H95NO5/c1-6-11-16-19-20-29-39-49(40-30-41-50)46(35-25-21-27-37-47(51)53-42-44(31-14-9-4)33-23-17-12-7-2)36-26-22-28-38-48(52)54-43-45(32-15-10-5)34-24-18-13-8-3/h44-46,50H,6-43H2,1-5H3. The van der Waals surface area contributed by atoms with Gasteiger partial charge in [0, 0.05) is 32.0 Å². The minimum absolute atomic E-state index is 0.0174. The maximum Gasteiger partial charge on any atom is 0.305 e. The molecule has 0 amide bonds. The molecule has 0 aromatic heterocycles. The largest absolute Gasteiger partial charge is 0.465 e. The Morgan fingerprint density at radius 2 is 0.778 bits per heavy atom. The van der Waals surface area contributed by atoms with E-state index in [1.165, 1.54) is 141 Å². The third-order valence-corrected chi connectivity index (χ3v) is 11.6. The first-order chi connectivity index (χ1) is 26.4. The van der Waals surface area contributed by atoms with Crippen LogP contribution in [0.25, 0.3) is 0 Å². The molecule has 322 valence electrons. The molecule has 0 aliphatic heterocycles. The smallest absolute Gasteiger partial charge is 0.305 e. The highest BCUT2D eigenvalue weighted by Crippen LogP contribution is 2.22. The molecular formula is C48H95NO5. The molecule has 2 atom stereocenters. The van der Waals surface area contributed by atoms with Gasteiger partial charge in [-0.3, -0.25) is 9.59 Å². The molecule has 6 heteroatoms. The Balaban J connectivity index is 4.91. The normalized spacial score (nSPS) is 13.3. The van der Waals surface area contributed by atoms with Crippen LogP contribution in [0.3, 0.4) is 0 Å². The van der Waals surface area contributed by atoms with Gasteiger partial charge in [-0.1, -0.05) is 169 Å². The van der Waals surface area contributed by atoms with Crippen LogP contribution in [0.15, 0.2) is 0 Å². The van der Waals surface area contributed by atoms with Crippen molar-refractivity contribution in [3.63, 3.8) is 0 Å². The Kier molecular flexibility index (Phi) is 40.6. The molecule has 0 saturated heterocycles. The Morgan fingerprint density at radius 1 is 0.426 bits per heavy atom. The van der Waals surface area contributed by atoms with Crippen molar-refractivity contribution in [3.05, 3.63) is 0 Å². The van der Waals surface area contributed by atoms with Gasteiger partial charge in [0.15, 0.2) is 0 Å². The fraction of sp³-hybridized carbons (Fsp3) is 0.958. The summed E-state index contributed by atoms with van der Waals surface area (Å²) in [6.45, 7) is 14.7. The van der Waals surface area contributed by atoms with Crippen molar-refractivity contribution in [2.45, 2.75) is 253 Å². The molecule has 0 saturated carbocycles. The summed E-state index contributed by atoms with van der Waals surface area (Å²) in [5.74, 6) is 0.996. The third-order valence-electron chi connectivity index (χ3n) is 11.6. The van der Waals surface area contributed by atoms with Crippen molar-refractivity contribution < 1.29 is 24.2 Å². The maximum atomic E-state index is 12.7. The van der Waals surface area contributed by atoms with Gasteiger partial charge in [-0.15, -0.1) is 0 Å². The van der Waals surface area contributed by atoms with E-state index >= 15 is 0 Å². The van der Waals surface area contributed by atoms with Crippen LogP contribution in [-0.4, -0.2) is 60.9 Å². The van der Waals surface area contributed by atoms with Crippen LogP contribution < -0.4 is 0 Å². The van der Waals surface area contributed by atoms with E-state index < -0.39 is 0 Å². The number of aliphatic hydroxyl groups excluding tert-OH is 1. The highest BCUT2D eigenvalue weighted by molar-refractivity contribution is 5.69. The first kappa shape index (κ1) is 52.9. The van der Waals surface area contributed by atoms with Gasteiger partial charge < -0.3 is 19.5 Å². The van der Waals surface area contributed by atoms with Crippen molar-refractivity contribution in [2.24, 2.45) is 11.8 Å². The van der Waals surface area contributed by atoms with Gasteiger partial charge >= 0.3 is 11.9 Å². The summed E-state index contributed by atoms with van der Waals surface area (Å²) in [6.07, 6.45) is 37.8. The lowest BCUT2D eigenvalue weighted by molar-refractivity contribution is -0.146. The predicted octanol–water partition coefficient (Wildman–Crippen LogP) is 13.9.